The molecule has 0 unspecified atom stereocenters. The van der Waals surface area contributed by atoms with Gasteiger partial charge in [-0.2, -0.15) is 0 Å². The van der Waals surface area contributed by atoms with Crippen LogP contribution in [0.1, 0.15) is 28.4 Å². The predicted octanol–water partition coefficient (Wildman–Crippen LogP) is 3.49. The zero-order chi connectivity index (χ0) is 11.5. The number of hydrogen-bond donors (Lipinski definition) is 1. The molecule has 0 aromatic carbocycles. The number of nitrogens with one attached hydrogen (secondary N) is 1. The maximum atomic E-state index is 11.8. The van der Waals surface area contributed by atoms with Crippen LogP contribution in [0.2, 0.25) is 4.34 Å². The van der Waals surface area contributed by atoms with Gasteiger partial charge >= 0.3 is 0 Å². The molecular formula is C11H10ClNO2S. The summed E-state index contributed by atoms with van der Waals surface area (Å²) in [5, 5.41) is 2.83. The molecule has 0 aliphatic heterocycles. The number of thiophene rings is 1. The Morgan fingerprint density at radius 3 is 2.88 bits per heavy atom. The lowest BCUT2D eigenvalue weighted by atomic mass is 10.2. The molecule has 0 fully saturated rings. The molecule has 2 aromatic heterocycles. The number of rotatable bonds is 3. The average Bonchev–Trinajstić information content (AvgIpc) is 2.87. The van der Waals surface area contributed by atoms with Crippen molar-refractivity contribution < 1.29 is 9.21 Å². The van der Waals surface area contributed by atoms with Crippen molar-refractivity contribution in [1.29, 1.82) is 0 Å². The monoisotopic (exact) mass is 255 g/mol. The van der Waals surface area contributed by atoms with Crippen LogP contribution in [0, 0.1) is 0 Å². The zero-order valence-electron chi connectivity index (χ0n) is 8.57. The summed E-state index contributed by atoms with van der Waals surface area (Å²) < 4.78 is 5.81. The van der Waals surface area contributed by atoms with Gasteiger partial charge in [0.05, 0.1) is 21.5 Å². The maximum Gasteiger partial charge on any atom is 0.261 e. The van der Waals surface area contributed by atoms with Crippen molar-refractivity contribution in [2.45, 2.75) is 13.0 Å². The number of furan rings is 1. The van der Waals surface area contributed by atoms with Crippen LogP contribution in [-0.2, 0) is 0 Å². The Labute approximate surface area is 102 Å². The van der Waals surface area contributed by atoms with Crippen LogP contribution in [0.5, 0.6) is 0 Å². The lowest BCUT2D eigenvalue weighted by molar-refractivity contribution is 0.0939. The molecule has 16 heavy (non-hydrogen) atoms. The highest BCUT2D eigenvalue weighted by molar-refractivity contribution is 7.17. The van der Waals surface area contributed by atoms with Gasteiger partial charge in [-0.05, 0) is 31.2 Å². The summed E-state index contributed by atoms with van der Waals surface area (Å²) in [4.78, 5) is 12.4. The minimum absolute atomic E-state index is 0.138. The second-order valence-electron chi connectivity index (χ2n) is 3.31. The van der Waals surface area contributed by atoms with Gasteiger partial charge in [0.15, 0.2) is 0 Å². The minimum atomic E-state index is -0.150. The molecule has 1 amide bonds. The molecule has 0 spiro atoms. The van der Waals surface area contributed by atoms with Crippen LogP contribution in [0.3, 0.4) is 0 Å². The second kappa shape index (κ2) is 4.72. The normalized spacial score (nSPS) is 12.4. The standard InChI is InChI=1S/C11H10ClNO2S/c1-7(8-3-2-6-15-8)13-11(14)9-4-5-10(12)16-9/h2-7H,1H3,(H,13,14)/t7-/m0/s1. The lowest BCUT2D eigenvalue weighted by Crippen LogP contribution is -2.25. The van der Waals surface area contributed by atoms with E-state index < -0.39 is 0 Å². The minimum Gasteiger partial charge on any atom is -0.467 e. The Morgan fingerprint density at radius 2 is 2.31 bits per heavy atom. The smallest absolute Gasteiger partial charge is 0.261 e. The predicted molar refractivity (Wildman–Crippen MR) is 63.9 cm³/mol. The largest absolute Gasteiger partial charge is 0.467 e. The summed E-state index contributed by atoms with van der Waals surface area (Å²) >= 11 is 7.02. The molecule has 0 radical (unpaired) electrons. The topological polar surface area (TPSA) is 42.2 Å². The van der Waals surface area contributed by atoms with E-state index in [1.807, 2.05) is 13.0 Å². The Morgan fingerprint density at radius 1 is 1.50 bits per heavy atom. The van der Waals surface area contributed by atoms with Gasteiger partial charge in [0.2, 0.25) is 0 Å². The van der Waals surface area contributed by atoms with Crippen molar-refractivity contribution in [1.82, 2.24) is 5.32 Å². The van der Waals surface area contributed by atoms with Gasteiger partial charge in [0.1, 0.15) is 5.76 Å². The van der Waals surface area contributed by atoms with Crippen molar-refractivity contribution in [3.8, 4) is 0 Å². The highest BCUT2D eigenvalue weighted by Crippen LogP contribution is 2.22. The average molecular weight is 256 g/mol. The van der Waals surface area contributed by atoms with Crippen LogP contribution in [0.15, 0.2) is 34.9 Å². The van der Waals surface area contributed by atoms with Crippen LogP contribution in [-0.4, -0.2) is 5.91 Å². The van der Waals surface area contributed by atoms with Gasteiger partial charge in [-0.25, -0.2) is 0 Å². The number of halogens is 1. The lowest BCUT2D eigenvalue weighted by Gasteiger charge is -2.09. The van der Waals surface area contributed by atoms with Gasteiger partial charge in [-0.3, -0.25) is 4.79 Å². The van der Waals surface area contributed by atoms with E-state index >= 15 is 0 Å². The number of carbonyl (C=O) groups is 1. The van der Waals surface area contributed by atoms with E-state index in [2.05, 4.69) is 5.32 Å². The van der Waals surface area contributed by atoms with E-state index in [4.69, 9.17) is 16.0 Å². The van der Waals surface area contributed by atoms with Crippen molar-refractivity contribution in [2.75, 3.05) is 0 Å². The second-order valence-corrected chi connectivity index (χ2v) is 5.03. The first-order chi connectivity index (χ1) is 7.66. The van der Waals surface area contributed by atoms with Crippen molar-refractivity contribution in [2.24, 2.45) is 0 Å². The van der Waals surface area contributed by atoms with Crippen molar-refractivity contribution in [3.05, 3.63) is 45.5 Å². The Hall–Kier alpha value is -1.26. The molecule has 84 valence electrons. The number of amides is 1. The van der Waals surface area contributed by atoms with E-state index in [1.54, 1.807) is 24.5 Å². The molecule has 0 saturated carbocycles. The van der Waals surface area contributed by atoms with Gasteiger partial charge in [0.25, 0.3) is 5.91 Å². The highest BCUT2D eigenvalue weighted by Gasteiger charge is 2.14. The van der Waals surface area contributed by atoms with Gasteiger partial charge in [-0.15, -0.1) is 11.3 Å². The fourth-order valence-corrected chi connectivity index (χ4v) is 2.26. The first-order valence-corrected chi connectivity index (χ1v) is 5.96. The van der Waals surface area contributed by atoms with Crippen molar-refractivity contribution in [3.63, 3.8) is 0 Å². The summed E-state index contributed by atoms with van der Waals surface area (Å²) in [6, 6.07) is 6.88. The molecule has 3 nitrogen and oxygen atoms in total. The van der Waals surface area contributed by atoms with E-state index in [0.29, 0.717) is 9.21 Å². The third-order valence-electron chi connectivity index (χ3n) is 2.11. The molecule has 1 atom stereocenters. The Bertz CT molecular complexity index is 478. The molecule has 1 N–H and O–H groups in total. The maximum absolute atomic E-state index is 11.8. The van der Waals surface area contributed by atoms with Crippen LogP contribution >= 0.6 is 22.9 Å². The first kappa shape index (κ1) is 11.2. The Kier molecular flexibility index (Phi) is 3.31. The summed E-state index contributed by atoms with van der Waals surface area (Å²) in [5.41, 5.74) is 0. The molecule has 2 heterocycles. The number of hydrogen-bond acceptors (Lipinski definition) is 3. The fraction of sp³-hybridized carbons (Fsp3) is 0.182. The SMILES string of the molecule is C[C@H](NC(=O)c1ccc(Cl)s1)c1ccco1. The van der Waals surface area contributed by atoms with E-state index in [0.717, 1.165) is 5.76 Å². The fourth-order valence-electron chi connectivity index (χ4n) is 1.31. The van der Waals surface area contributed by atoms with Crippen LogP contribution < -0.4 is 5.32 Å². The number of carbonyl (C=O) groups excluding carboxylic acids is 1. The van der Waals surface area contributed by atoms with Gasteiger partial charge in [-0.1, -0.05) is 11.6 Å². The molecule has 0 bridgehead atoms. The molecule has 0 aliphatic rings. The third kappa shape index (κ3) is 2.46. The molecule has 5 heteroatoms. The highest BCUT2D eigenvalue weighted by atomic mass is 35.5. The van der Waals surface area contributed by atoms with Gasteiger partial charge < -0.3 is 9.73 Å². The Balaban J connectivity index is 2.03. The summed E-state index contributed by atoms with van der Waals surface area (Å²) in [5.74, 6) is 0.594. The molecule has 0 saturated heterocycles. The molecule has 2 rings (SSSR count). The molecule has 2 aromatic rings. The van der Waals surface area contributed by atoms with E-state index in [9.17, 15) is 4.79 Å². The van der Waals surface area contributed by atoms with Crippen molar-refractivity contribution >= 4 is 28.8 Å². The third-order valence-corrected chi connectivity index (χ3v) is 3.34. The van der Waals surface area contributed by atoms with Crippen LogP contribution in [0.25, 0.3) is 0 Å². The summed E-state index contributed by atoms with van der Waals surface area (Å²) in [6.45, 7) is 1.87. The quantitative estimate of drug-likeness (QED) is 0.912. The first-order valence-electron chi connectivity index (χ1n) is 4.76. The van der Waals surface area contributed by atoms with E-state index in [1.165, 1.54) is 11.3 Å². The summed E-state index contributed by atoms with van der Waals surface area (Å²) in [6.07, 6.45) is 1.58. The van der Waals surface area contributed by atoms with Crippen LogP contribution in [0.4, 0.5) is 0 Å². The molecular weight excluding hydrogens is 246 g/mol. The summed E-state index contributed by atoms with van der Waals surface area (Å²) in [7, 11) is 0. The zero-order valence-corrected chi connectivity index (χ0v) is 10.1. The molecule has 0 aliphatic carbocycles. The van der Waals surface area contributed by atoms with Gasteiger partial charge in [0, 0.05) is 0 Å². The van der Waals surface area contributed by atoms with E-state index in [-0.39, 0.29) is 11.9 Å².